The molecule has 1 aliphatic rings. The third-order valence-electron chi connectivity index (χ3n) is 2.44. The topological polar surface area (TPSA) is 35.1 Å². The molecule has 15 heavy (non-hydrogen) atoms. The summed E-state index contributed by atoms with van der Waals surface area (Å²) in [4.78, 5) is 0. The summed E-state index contributed by atoms with van der Waals surface area (Å²) in [5, 5.41) is 2.27. The SMILES string of the molecule is CC(C)[NH2+]C[C@H]1COc2ccccc2O1. The number of nitrogens with two attached hydrogens (primary N) is 1. The van der Waals surface area contributed by atoms with Crippen molar-refractivity contribution in [1.29, 1.82) is 0 Å². The lowest BCUT2D eigenvalue weighted by Crippen LogP contribution is -2.91. The molecule has 3 nitrogen and oxygen atoms in total. The van der Waals surface area contributed by atoms with Gasteiger partial charge in [-0.3, -0.25) is 0 Å². The van der Waals surface area contributed by atoms with E-state index in [1.165, 1.54) is 0 Å². The van der Waals surface area contributed by atoms with Gasteiger partial charge in [-0.15, -0.1) is 0 Å². The van der Waals surface area contributed by atoms with Crippen LogP contribution in [0.3, 0.4) is 0 Å². The molecular weight excluding hydrogens is 190 g/mol. The van der Waals surface area contributed by atoms with E-state index < -0.39 is 0 Å². The number of benzene rings is 1. The van der Waals surface area contributed by atoms with E-state index in [0.717, 1.165) is 18.0 Å². The minimum Gasteiger partial charge on any atom is -0.486 e. The van der Waals surface area contributed by atoms with Crippen LogP contribution < -0.4 is 14.8 Å². The van der Waals surface area contributed by atoms with Crippen molar-refractivity contribution in [3.8, 4) is 11.5 Å². The first kappa shape index (κ1) is 10.3. The molecule has 1 heterocycles. The molecule has 1 aliphatic heterocycles. The molecule has 0 radical (unpaired) electrons. The number of rotatable bonds is 3. The van der Waals surface area contributed by atoms with Crippen LogP contribution in [0.15, 0.2) is 24.3 Å². The van der Waals surface area contributed by atoms with Gasteiger partial charge < -0.3 is 14.8 Å². The molecule has 0 bridgehead atoms. The molecule has 0 saturated carbocycles. The van der Waals surface area contributed by atoms with E-state index in [9.17, 15) is 0 Å². The second-order valence-corrected chi connectivity index (χ2v) is 4.21. The zero-order valence-electron chi connectivity index (χ0n) is 9.27. The van der Waals surface area contributed by atoms with Crippen molar-refractivity contribution in [2.75, 3.05) is 13.2 Å². The molecular formula is C12H18NO2+. The lowest BCUT2D eigenvalue weighted by atomic mass is 10.2. The van der Waals surface area contributed by atoms with Crippen molar-refractivity contribution in [3.63, 3.8) is 0 Å². The number of hydrogen-bond acceptors (Lipinski definition) is 2. The highest BCUT2D eigenvalue weighted by atomic mass is 16.6. The minimum atomic E-state index is 0.169. The third kappa shape index (κ3) is 2.63. The number of ether oxygens (including phenoxy) is 2. The van der Waals surface area contributed by atoms with Gasteiger partial charge in [0.05, 0.1) is 6.04 Å². The predicted octanol–water partition coefficient (Wildman–Crippen LogP) is 0.798. The molecule has 0 amide bonds. The second-order valence-electron chi connectivity index (χ2n) is 4.21. The Morgan fingerprint density at radius 3 is 2.80 bits per heavy atom. The Morgan fingerprint density at radius 1 is 1.33 bits per heavy atom. The van der Waals surface area contributed by atoms with E-state index in [1.807, 2.05) is 24.3 Å². The van der Waals surface area contributed by atoms with Crippen LogP contribution in [-0.2, 0) is 0 Å². The highest BCUT2D eigenvalue weighted by molar-refractivity contribution is 5.40. The molecule has 0 fully saturated rings. The van der Waals surface area contributed by atoms with Crippen molar-refractivity contribution in [2.45, 2.75) is 26.0 Å². The van der Waals surface area contributed by atoms with Crippen molar-refractivity contribution in [2.24, 2.45) is 0 Å². The normalized spacial score (nSPS) is 19.3. The van der Waals surface area contributed by atoms with Crippen LogP contribution in [0.4, 0.5) is 0 Å². The molecule has 2 N–H and O–H groups in total. The summed E-state index contributed by atoms with van der Waals surface area (Å²) in [6.07, 6.45) is 0.169. The highest BCUT2D eigenvalue weighted by Gasteiger charge is 2.21. The van der Waals surface area contributed by atoms with Gasteiger partial charge in [0.15, 0.2) is 17.6 Å². The molecule has 2 rings (SSSR count). The summed E-state index contributed by atoms with van der Waals surface area (Å²) in [7, 11) is 0. The molecule has 0 spiro atoms. The predicted molar refractivity (Wildman–Crippen MR) is 58.3 cm³/mol. The molecule has 3 heteroatoms. The summed E-state index contributed by atoms with van der Waals surface area (Å²) in [6, 6.07) is 8.43. The van der Waals surface area contributed by atoms with Gasteiger partial charge in [-0.2, -0.15) is 0 Å². The Hall–Kier alpha value is -1.22. The summed E-state index contributed by atoms with van der Waals surface area (Å²) in [5.74, 6) is 1.73. The van der Waals surface area contributed by atoms with E-state index in [1.54, 1.807) is 0 Å². The van der Waals surface area contributed by atoms with Crippen LogP contribution in [-0.4, -0.2) is 25.3 Å². The molecule has 1 aromatic rings. The van der Waals surface area contributed by atoms with Gasteiger partial charge in [0.25, 0.3) is 0 Å². The lowest BCUT2D eigenvalue weighted by molar-refractivity contribution is -0.687. The minimum absolute atomic E-state index is 0.169. The van der Waals surface area contributed by atoms with Crippen LogP contribution >= 0.6 is 0 Å². The standard InChI is InChI=1S/C12H17NO2/c1-9(2)13-7-10-8-14-11-5-3-4-6-12(11)15-10/h3-6,9-10,13H,7-8H2,1-2H3/p+1/t10-/m0/s1. The van der Waals surface area contributed by atoms with Crippen molar-refractivity contribution in [3.05, 3.63) is 24.3 Å². The van der Waals surface area contributed by atoms with Gasteiger partial charge in [0.2, 0.25) is 0 Å². The molecule has 0 aromatic heterocycles. The van der Waals surface area contributed by atoms with Gasteiger partial charge in [-0.1, -0.05) is 12.1 Å². The molecule has 1 atom stereocenters. The Morgan fingerprint density at radius 2 is 2.07 bits per heavy atom. The van der Waals surface area contributed by atoms with Gasteiger partial charge in [0.1, 0.15) is 13.2 Å². The molecule has 1 aromatic carbocycles. The fraction of sp³-hybridized carbons (Fsp3) is 0.500. The van der Waals surface area contributed by atoms with Crippen molar-refractivity contribution in [1.82, 2.24) is 0 Å². The van der Waals surface area contributed by atoms with E-state index in [0.29, 0.717) is 12.6 Å². The van der Waals surface area contributed by atoms with E-state index in [-0.39, 0.29) is 6.10 Å². The average molecular weight is 208 g/mol. The summed E-state index contributed by atoms with van der Waals surface area (Å²) in [5.41, 5.74) is 0. The van der Waals surface area contributed by atoms with Crippen molar-refractivity contribution >= 4 is 0 Å². The third-order valence-corrected chi connectivity index (χ3v) is 2.44. The number of quaternary nitrogens is 1. The maximum Gasteiger partial charge on any atom is 0.181 e. The van der Waals surface area contributed by atoms with Gasteiger partial charge in [-0.25, -0.2) is 0 Å². The Bertz CT molecular complexity index is 325. The first-order valence-corrected chi connectivity index (χ1v) is 5.47. The molecule has 0 aliphatic carbocycles. The van der Waals surface area contributed by atoms with Crippen LogP contribution in [0.25, 0.3) is 0 Å². The fourth-order valence-corrected chi connectivity index (χ4v) is 1.60. The second kappa shape index (κ2) is 4.53. The van der Waals surface area contributed by atoms with E-state index in [2.05, 4.69) is 19.2 Å². The molecule has 0 saturated heterocycles. The van der Waals surface area contributed by atoms with E-state index in [4.69, 9.17) is 9.47 Å². The van der Waals surface area contributed by atoms with Crippen LogP contribution in [0.2, 0.25) is 0 Å². The zero-order chi connectivity index (χ0) is 10.7. The fourth-order valence-electron chi connectivity index (χ4n) is 1.60. The maximum absolute atomic E-state index is 5.83. The Kier molecular flexibility index (Phi) is 3.11. The summed E-state index contributed by atoms with van der Waals surface area (Å²) in [6.45, 7) is 5.96. The maximum atomic E-state index is 5.83. The molecule has 0 unspecified atom stereocenters. The molecule has 82 valence electrons. The van der Waals surface area contributed by atoms with Gasteiger partial charge in [0, 0.05) is 0 Å². The number of hydrogen-bond donors (Lipinski definition) is 1. The van der Waals surface area contributed by atoms with Crippen LogP contribution in [0.5, 0.6) is 11.5 Å². The summed E-state index contributed by atoms with van der Waals surface area (Å²) < 4.78 is 11.4. The van der Waals surface area contributed by atoms with Crippen molar-refractivity contribution < 1.29 is 14.8 Å². The van der Waals surface area contributed by atoms with E-state index >= 15 is 0 Å². The van der Waals surface area contributed by atoms with Crippen LogP contribution in [0, 0.1) is 0 Å². The van der Waals surface area contributed by atoms with Gasteiger partial charge >= 0.3 is 0 Å². The largest absolute Gasteiger partial charge is 0.486 e. The zero-order valence-corrected chi connectivity index (χ0v) is 9.27. The first-order chi connectivity index (χ1) is 7.25. The smallest absolute Gasteiger partial charge is 0.181 e. The summed E-state index contributed by atoms with van der Waals surface area (Å²) >= 11 is 0. The first-order valence-electron chi connectivity index (χ1n) is 5.47. The van der Waals surface area contributed by atoms with Gasteiger partial charge in [-0.05, 0) is 26.0 Å². The quantitative estimate of drug-likeness (QED) is 0.797. The van der Waals surface area contributed by atoms with Crippen LogP contribution in [0.1, 0.15) is 13.8 Å². The Labute approximate surface area is 90.4 Å². The Balaban J connectivity index is 1.94. The lowest BCUT2D eigenvalue weighted by Gasteiger charge is -2.25. The monoisotopic (exact) mass is 208 g/mol. The number of para-hydroxylation sites is 2. The number of fused-ring (bicyclic) bond motifs is 1. The average Bonchev–Trinajstić information content (AvgIpc) is 2.26. The highest BCUT2D eigenvalue weighted by Crippen LogP contribution is 2.30.